The molecular weight excluding hydrogens is 401 g/mol. The number of epoxide rings is 1. The van der Waals surface area contributed by atoms with Gasteiger partial charge in [0.2, 0.25) is 0 Å². The molecule has 0 bridgehead atoms. The maximum Gasteiger partial charge on any atom is 0.293 e. The lowest BCUT2D eigenvalue weighted by molar-refractivity contribution is -0.132. The molecule has 2 heterocycles. The fourth-order valence-corrected chi connectivity index (χ4v) is 4.86. The molecule has 2 saturated heterocycles. The van der Waals surface area contributed by atoms with E-state index in [2.05, 4.69) is 4.90 Å². The number of carbonyl (C=O) groups is 1. The van der Waals surface area contributed by atoms with Crippen molar-refractivity contribution in [1.29, 1.82) is 0 Å². The van der Waals surface area contributed by atoms with Crippen molar-refractivity contribution in [3.05, 3.63) is 29.6 Å². The zero-order valence-corrected chi connectivity index (χ0v) is 16.9. The van der Waals surface area contributed by atoms with E-state index >= 15 is 0 Å². The standard InChI is InChI=1S/C21H27F3N2O4/c1-12(29-19-16(23)6-15(22)7-17(19)24)13-2-4-26(5-3-13)20-18(30-20)14-8-21(25,9-14)10-28-11-27/h6-7,11-14,18,20H,2-5,8-10,25H2,1H3. The number of halogens is 3. The summed E-state index contributed by atoms with van der Waals surface area (Å²) >= 11 is 0. The molecule has 1 saturated carbocycles. The van der Waals surface area contributed by atoms with E-state index in [4.69, 9.17) is 19.9 Å². The Morgan fingerprint density at radius 2 is 1.90 bits per heavy atom. The second kappa shape index (κ2) is 8.36. The summed E-state index contributed by atoms with van der Waals surface area (Å²) in [7, 11) is 0. The molecule has 2 N–H and O–H groups in total. The van der Waals surface area contributed by atoms with E-state index in [-0.39, 0.29) is 31.0 Å². The molecule has 1 aromatic rings. The van der Waals surface area contributed by atoms with E-state index in [1.165, 1.54) is 0 Å². The molecule has 3 unspecified atom stereocenters. The van der Waals surface area contributed by atoms with Crippen LogP contribution in [0, 0.1) is 29.3 Å². The lowest BCUT2D eigenvalue weighted by Gasteiger charge is -2.43. The van der Waals surface area contributed by atoms with Crippen LogP contribution in [0.3, 0.4) is 0 Å². The fourth-order valence-electron chi connectivity index (χ4n) is 4.86. The lowest BCUT2D eigenvalue weighted by Crippen LogP contribution is -2.57. The molecule has 1 aliphatic carbocycles. The number of likely N-dealkylation sites (tertiary alicyclic amines) is 1. The molecule has 166 valence electrons. The number of nitrogens with zero attached hydrogens (tertiary/aromatic N) is 1. The molecule has 3 atom stereocenters. The Kier molecular flexibility index (Phi) is 5.96. The number of benzene rings is 1. The van der Waals surface area contributed by atoms with Gasteiger partial charge in [0.25, 0.3) is 6.47 Å². The molecule has 3 fully saturated rings. The molecule has 3 aliphatic rings. The normalized spacial score (nSPS) is 32.9. The highest BCUT2D eigenvalue weighted by Crippen LogP contribution is 2.47. The smallest absolute Gasteiger partial charge is 0.293 e. The first-order valence-corrected chi connectivity index (χ1v) is 10.3. The number of nitrogens with two attached hydrogens (primary N) is 1. The second-order valence-corrected chi connectivity index (χ2v) is 8.82. The molecule has 0 spiro atoms. The van der Waals surface area contributed by atoms with E-state index in [1.807, 2.05) is 0 Å². The molecule has 6 nitrogen and oxygen atoms in total. The third-order valence-electron chi connectivity index (χ3n) is 6.61. The molecule has 30 heavy (non-hydrogen) atoms. The van der Waals surface area contributed by atoms with Crippen molar-refractivity contribution >= 4 is 6.47 Å². The van der Waals surface area contributed by atoms with Gasteiger partial charge in [-0.25, -0.2) is 13.2 Å². The summed E-state index contributed by atoms with van der Waals surface area (Å²) < 4.78 is 56.9. The highest BCUT2D eigenvalue weighted by molar-refractivity contribution is 5.37. The van der Waals surface area contributed by atoms with Gasteiger partial charge < -0.3 is 19.9 Å². The Balaban J connectivity index is 1.22. The van der Waals surface area contributed by atoms with Gasteiger partial charge in [-0.2, -0.15) is 0 Å². The minimum Gasteiger partial charge on any atom is -0.484 e. The van der Waals surface area contributed by atoms with Crippen LogP contribution >= 0.6 is 0 Å². The van der Waals surface area contributed by atoms with Crippen LogP contribution in [0.5, 0.6) is 5.75 Å². The Hall–Kier alpha value is -1.84. The number of hydrogen-bond acceptors (Lipinski definition) is 6. The summed E-state index contributed by atoms with van der Waals surface area (Å²) in [6.07, 6.45) is 3.03. The Morgan fingerprint density at radius 1 is 1.27 bits per heavy atom. The van der Waals surface area contributed by atoms with Gasteiger partial charge in [-0.15, -0.1) is 0 Å². The zero-order valence-electron chi connectivity index (χ0n) is 16.9. The Labute approximate surface area is 173 Å². The van der Waals surface area contributed by atoms with Crippen molar-refractivity contribution in [1.82, 2.24) is 4.90 Å². The lowest BCUT2D eigenvalue weighted by atomic mass is 9.67. The third kappa shape index (κ3) is 4.43. The van der Waals surface area contributed by atoms with Gasteiger partial charge in [0, 0.05) is 25.2 Å². The first kappa shape index (κ1) is 21.4. The van der Waals surface area contributed by atoms with Crippen LogP contribution in [-0.4, -0.2) is 55.0 Å². The summed E-state index contributed by atoms with van der Waals surface area (Å²) in [6.45, 7) is 4.07. The van der Waals surface area contributed by atoms with Crippen molar-refractivity contribution in [3.63, 3.8) is 0 Å². The Bertz CT molecular complexity index is 759. The fraction of sp³-hybridized carbons (Fsp3) is 0.667. The predicted octanol–water partition coefficient (Wildman–Crippen LogP) is 2.59. The van der Waals surface area contributed by atoms with Crippen molar-refractivity contribution in [3.8, 4) is 5.75 Å². The average molecular weight is 428 g/mol. The molecule has 0 radical (unpaired) electrons. The zero-order chi connectivity index (χ0) is 21.5. The van der Waals surface area contributed by atoms with Crippen molar-refractivity contribution in [2.75, 3.05) is 19.7 Å². The summed E-state index contributed by atoms with van der Waals surface area (Å²) in [5.74, 6) is -3.03. The van der Waals surface area contributed by atoms with Crippen LogP contribution in [-0.2, 0) is 14.3 Å². The minimum absolute atomic E-state index is 0.0794. The SMILES string of the molecule is CC(Oc1c(F)cc(F)cc1F)C1CCN(C2OC2C2CC(N)(COC=O)C2)CC1. The van der Waals surface area contributed by atoms with E-state index in [9.17, 15) is 18.0 Å². The van der Waals surface area contributed by atoms with Gasteiger partial charge in [0.1, 0.15) is 24.8 Å². The van der Waals surface area contributed by atoms with E-state index in [1.54, 1.807) is 6.92 Å². The van der Waals surface area contributed by atoms with Gasteiger partial charge in [-0.05, 0) is 44.4 Å². The van der Waals surface area contributed by atoms with Crippen molar-refractivity contribution in [2.24, 2.45) is 17.6 Å². The van der Waals surface area contributed by atoms with E-state index < -0.39 is 28.7 Å². The van der Waals surface area contributed by atoms with Crippen LogP contribution in [0.2, 0.25) is 0 Å². The topological polar surface area (TPSA) is 77.3 Å². The molecular formula is C21H27F3N2O4. The number of rotatable bonds is 8. The van der Waals surface area contributed by atoms with Crippen LogP contribution in [0.25, 0.3) is 0 Å². The van der Waals surface area contributed by atoms with Gasteiger partial charge in [0.05, 0.1) is 11.6 Å². The van der Waals surface area contributed by atoms with Crippen molar-refractivity contribution < 1.29 is 32.2 Å². The molecule has 2 aliphatic heterocycles. The van der Waals surface area contributed by atoms with Gasteiger partial charge in [-0.3, -0.25) is 9.69 Å². The number of piperidine rings is 1. The number of ether oxygens (including phenoxy) is 3. The van der Waals surface area contributed by atoms with Crippen LogP contribution in [0.4, 0.5) is 13.2 Å². The van der Waals surface area contributed by atoms with E-state index in [0.717, 1.165) is 38.8 Å². The summed E-state index contributed by atoms with van der Waals surface area (Å²) in [5.41, 5.74) is 5.73. The molecule has 0 amide bonds. The maximum absolute atomic E-state index is 13.8. The average Bonchev–Trinajstić information content (AvgIpc) is 3.47. The molecule has 1 aromatic carbocycles. The quantitative estimate of drug-likeness (QED) is 0.507. The molecule has 4 rings (SSSR count). The Morgan fingerprint density at radius 3 is 2.50 bits per heavy atom. The van der Waals surface area contributed by atoms with Crippen LogP contribution in [0.1, 0.15) is 32.6 Å². The van der Waals surface area contributed by atoms with Gasteiger partial charge >= 0.3 is 0 Å². The first-order valence-electron chi connectivity index (χ1n) is 10.3. The summed E-state index contributed by atoms with van der Waals surface area (Å²) in [6, 6.07) is 1.25. The number of carbonyl (C=O) groups excluding carboxylic acids is 1. The number of hydrogen-bond donors (Lipinski definition) is 1. The predicted molar refractivity (Wildman–Crippen MR) is 101 cm³/mol. The third-order valence-corrected chi connectivity index (χ3v) is 6.61. The second-order valence-electron chi connectivity index (χ2n) is 8.82. The molecule has 0 aromatic heterocycles. The van der Waals surface area contributed by atoms with E-state index in [0.29, 0.717) is 24.5 Å². The largest absolute Gasteiger partial charge is 0.484 e. The maximum atomic E-state index is 13.8. The first-order chi connectivity index (χ1) is 14.3. The van der Waals surface area contributed by atoms with Crippen molar-refractivity contribution in [2.45, 2.75) is 56.6 Å². The van der Waals surface area contributed by atoms with Gasteiger partial charge in [0.15, 0.2) is 17.4 Å². The highest BCUT2D eigenvalue weighted by Gasteiger charge is 2.56. The van der Waals surface area contributed by atoms with Crippen LogP contribution < -0.4 is 10.5 Å². The minimum atomic E-state index is -1.03. The van der Waals surface area contributed by atoms with Crippen LogP contribution in [0.15, 0.2) is 12.1 Å². The van der Waals surface area contributed by atoms with Gasteiger partial charge in [-0.1, -0.05) is 0 Å². The molecule has 9 heteroatoms. The summed E-state index contributed by atoms with van der Waals surface area (Å²) in [4.78, 5) is 12.6. The summed E-state index contributed by atoms with van der Waals surface area (Å²) in [5, 5.41) is 0. The highest BCUT2D eigenvalue weighted by atomic mass is 19.1. The monoisotopic (exact) mass is 428 g/mol.